The molecule has 3 N–H and O–H groups in total. The molecule has 2 saturated heterocycles. The molecule has 1 atom stereocenters. The first kappa shape index (κ1) is 18.8. The monoisotopic (exact) mass is 404 g/mol. The maximum absolute atomic E-state index is 13.2. The van der Waals surface area contributed by atoms with Crippen molar-refractivity contribution in [3.63, 3.8) is 0 Å². The van der Waals surface area contributed by atoms with Gasteiger partial charge in [0.2, 0.25) is 11.8 Å². The zero-order valence-corrected chi connectivity index (χ0v) is 16.6. The van der Waals surface area contributed by atoms with Crippen LogP contribution < -0.4 is 11.1 Å². The van der Waals surface area contributed by atoms with Crippen molar-refractivity contribution in [1.29, 1.82) is 0 Å². The molecule has 0 bridgehead atoms. The summed E-state index contributed by atoms with van der Waals surface area (Å²) < 4.78 is 0. The van der Waals surface area contributed by atoms with Crippen LogP contribution in [0.1, 0.15) is 45.8 Å². The fraction of sp³-hybridized carbons (Fsp3) is 0.348. The summed E-state index contributed by atoms with van der Waals surface area (Å²) in [5, 5.41) is 2.35. The van der Waals surface area contributed by atoms with Crippen LogP contribution in [0.5, 0.6) is 0 Å². The van der Waals surface area contributed by atoms with Crippen LogP contribution in [-0.2, 0) is 22.7 Å². The molecule has 0 aliphatic carbocycles. The highest BCUT2D eigenvalue weighted by Crippen LogP contribution is 2.33. The molecule has 1 unspecified atom stereocenters. The van der Waals surface area contributed by atoms with Crippen LogP contribution >= 0.6 is 0 Å². The Morgan fingerprint density at radius 1 is 1.03 bits per heavy atom. The van der Waals surface area contributed by atoms with Gasteiger partial charge in [0.15, 0.2) is 0 Å². The third kappa shape index (κ3) is 3.25. The minimum atomic E-state index is -0.575. The lowest BCUT2D eigenvalue weighted by Gasteiger charge is -2.40. The Hall–Kier alpha value is -3.19. The topological polar surface area (TPSA) is 95.7 Å². The van der Waals surface area contributed by atoms with E-state index >= 15 is 0 Å². The van der Waals surface area contributed by atoms with Gasteiger partial charge >= 0.3 is 0 Å². The Morgan fingerprint density at radius 2 is 1.80 bits per heavy atom. The summed E-state index contributed by atoms with van der Waals surface area (Å²) in [6.07, 6.45) is 0.652. The van der Waals surface area contributed by atoms with E-state index in [0.717, 1.165) is 35.5 Å². The first-order valence-corrected chi connectivity index (χ1v) is 10.3. The highest BCUT2D eigenvalue weighted by molar-refractivity contribution is 6.06. The van der Waals surface area contributed by atoms with Crippen molar-refractivity contribution in [3.05, 3.63) is 64.7 Å². The minimum absolute atomic E-state index is 0.106. The standard InChI is InChI=1S/C23H24N4O3/c24-18-6-4-14(5-7-18)17-11-26(12-17)10-15-2-1-3-16-13-27(23(30)21(15)16)19-8-9-20(28)25-22(19)29/h1-7,17,19H,8-13,24H2,(H,25,28,29). The number of carbonyl (C=O) groups is 3. The Bertz CT molecular complexity index is 1030. The Kier molecular flexibility index (Phi) is 4.55. The summed E-state index contributed by atoms with van der Waals surface area (Å²) in [7, 11) is 0. The number of nitrogens with two attached hydrogens (primary N) is 1. The van der Waals surface area contributed by atoms with Crippen LogP contribution in [0.25, 0.3) is 0 Å². The van der Waals surface area contributed by atoms with Crippen LogP contribution in [-0.4, -0.2) is 46.7 Å². The molecule has 3 heterocycles. The van der Waals surface area contributed by atoms with Gasteiger partial charge in [0.1, 0.15) is 6.04 Å². The van der Waals surface area contributed by atoms with Gasteiger partial charge in [0.05, 0.1) is 0 Å². The van der Waals surface area contributed by atoms with Crippen molar-refractivity contribution in [1.82, 2.24) is 15.1 Å². The van der Waals surface area contributed by atoms with Crippen molar-refractivity contribution >= 4 is 23.4 Å². The van der Waals surface area contributed by atoms with Gasteiger partial charge in [0, 0.05) is 49.8 Å². The molecule has 2 aromatic carbocycles. The van der Waals surface area contributed by atoms with E-state index in [1.54, 1.807) is 4.90 Å². The van der Waals surface area contributed by atoms with Crippen molar-refractivity contribution in [2.45, 2.75) is 37.9 Å². The van der Waals surface area contributed by atoms with E-state index in [9.17, 15) is 14.4 Å². The molecule has 3 aliphatic rings. The lowest BCUT2D eigenvalue weighted by Crippen LogP contribution is -2.52. The molecule has 7 nitrogen and oxygen atoms in total. The van der Waals surface area contributed by atoms with E-state index in [0.29, 0.717) is 25.4 Å². The Labute approximate surface area is 174 Å². The number of hydrogen-bond acceptors (Lipinski definition) is 5. The summed E-state index contributed by atoms with van der Waals surface area (Å²) in [6.45, 7) is 3.02. The van der Waals surface area contributed by atoms with E-state index in [1.807, 2.05) is 30.3 Å². The number of nitrogen functional groups attached to an aromatic ring is 1. The summed E-state index contributed by atoms with van der Waals surface area (Å²) in [6, 6.07) is 13.4. The van der Waals surface area contributed by atoms with E-state index in [-0.39, 0.29) is 24.1 Å². The number of nitrogens with one attached hydrogen (secondary N) is 1. The van der Waals surface area contributed by atoms with Crippen LogP contribution in [0.2, 0.25) is 0 Å². The SMILES string of the molecule is Nc1ccc(C2CN(Cc3cccc4c3C(=O)N(C3CCC(=O)NC3=O)C4)C2)cc1. The number of rotatable bonds is 4. The number of benzene rings is 2. The minimum Gasteiger partial charge on any atom is -0.399 e. The molecule has 0 spiro atoms. The van der Waals surface area contributed by atoms with Gasteiger partial charge in [-0.1, -0.05) is 30.3 Å². The zero-order valence-electron chi connectivity index (χ0n) is 16.6. The molecule has 0 aromatic heterocycles. The van der Waals surface area contributed by atoms with Gasteiger partial charge in [-0.05, 0) is 35.2 Å². The van der Waals surface area contributed by atoms with Crippen molar-refractivity contribution in [2.24, 2.45) is 0 Å². The molecule has 7 heteroatoms. The number of fused-ring (bicyclic) bond motifs is 1. The predicted octanol–water partition coefficient (Wildman–Crippen LogP) is 1.63. The Morgan fingerprint density at radius 3 is 2.53 bits per heavy atom. The molecule has 5 rings (SSSR count). The molecule has 2 fully saturated rings. The Balaban J connectivity index is 1.28. The second-order valence-corrected chi connectivity index (χ2v) is 8.41. The van der Waals surface area contributed by atoms with Crippen molar-refractivity contribution in [2.75, 3.05) is 18.8 Å². The molecule has 2 aromatic rings. The van der Waals surface area contributed by atoms with E-state index in [1.165, 1.54) is 5.56 Å². The molecule has 0 saturated carbocycles. The fourth-order valence-electron chi connectivity index (χ4n) is 4.74. The first-order chi connectivity index (χ1) is 14.5. The largest absolute Gasteiger partial charge is 0.399 e. The second-order valence-electron chi connectivity index (χ2n) is 8.41. The van der Waals surface area contributed by atoms with Crippen LogP contribution in [0.3, 0.4) is 0 Å². The van der Waals surface area contributed by atoms with Crippen molar-refractivity contribution in [3.8, 4) is 0 Å². The van der Waals surface area contributed by atoms with Gasteiger partial charge in [-0.15, -0.1) is 0 Å². The molecule has 0 radical (unpaired) electrons. The smallest absolute Gasteiger partial charge is 0.255 e. The number of carbonyl (C=O) groups excluding carboxylic acids is 3. The average Bonchev–Trinajstić information content (AvgIpc) is 3.03. The third-order valence-electron chi connectivity index (χ3n) is 6.40. The fourth-order valence-corrected chi connectivity index (χ4v) is 4.74. The zero-order chi connectivity index (χ0) is 20.8. The van der Waals surface area contributed by atoms with E-state index in [4.69, 9.17) is 5.73 Å². The summed E-state index contributed by atoms with van der Waals surface area (Å²) in [5.74, 6) is -0.263. The number of imide groups is 1. The quantitative estimate of drug-likeness (QED) is 0.597. The van der Waals surface area contributed by atoms with Gasteiger partial charge in [0.25, 0.3) is 5.91 Å². The lowest BCUT2D eigenvalue weighted by molar-refractivity contribution is -0.136. The molecule has 154 valence electrons. The highest BCUT2D eigenvalue weighted by Gasteiger charge is 2.40. The number of amides is 3. The summed E-state index contributed by atoms with van der Waals surface area (Å²) in [5.41, 5.74) is 10.5. The predicted molar refractivity (Wildman–Crippen MR) is 111 cm³/mol. The van der Waals surface area contributed by atoms with Crippen LogP contribution in [0, 0.1) is 0 Å². The second kappa shape index (κ2) is 7.25. The normalized spacial score (nSPS) is 22.1. The van der Waals surface area contributed by atoms with Gasteiger partial charge in [-0.2, -0.15) is 0 Å². The van der Waals surface area contributed by atoms with Crippen molar-refractivity contribution < 1.29 is 14.4 Å². The molecule has 3 aliphatic heterocycles. The maximum Gasteiger partial charge on any atom is 0.255 e. The number of hydrogen-bond donors (Lipinski definition) is 2. The van der Waals surface area contributed by atoms with Gasteiger partial charge in [-0.25, -0.2) is 0 Å². The molecular weight excluding hydrogens is 380 g/mol. The first-order valence-electron chi connectivity index (χ1n) is 10.3. The number of piperidine rings is 1. The highest BCUT2D eigenvalue weighted by atomic mass is 16.2. The molecule has 30 heavy (non-hydrogen) atoms. The maximum atomic E-state index is 13.2. The van der Waals surface area contributed by atoms with Gasteiger partial charge in [-0.3, -0.25) is 24.6 Å². The molecule has 3 amide bonds. The average molecular weight is 404 g/mol. The van der Waals surface area contributed by atoms with E-state index in [2.05, 4.69) is 22.3 Å². The number of anilines is 1. The molecular formula is C23H24N4O3. The third-order valence-corrected chi connectivity index (χ3v) is 6.40. The number of nitrogens with zero attached hydrogens (tertiary/aromatic N) is 2. The lowest BCUT2D eigenvalue weighted by atomic mass is 9.90. The van der Waals surface area contributed by atoms with E-state index < -0.39 is 6.04 Å². The summed E-state index contributed by atoms with van der Waals surface area (Å²) >= 11 is 0. The number of likely N-dealkylation sites (tertiary alicyclic amines) is 1. The van der Waals surface area contributed by atoms with Gasteiger partial charge < -0.3 is 10.6 Å². The van der Waals surface area contributed by atoms with Crippen LogP contribution in [0.4, 0.5) is 5.69 Å². The summed E-state index contributed by atoms with van der Waals surface area (Å²) in [4.78, 5) is 40.8. The van der Waals surface area contributed by atoms with Crippen LogP contribution in [0.15, 0.2) is 42.5 Å².